The van der Waals surface area contributed by atoms with Crippen molar-refractivity contribution in [3.8, 4) is 17.6 Å². The van der Waals surface area contributed by atoms with Crippen LogP contribution in [0.15, 0.2) is 24.3 Å². The van der Waals surface area contributed by atoms with Crippen LogP contribution < -0.4 is 14.8 Å². The van der Waals surface area contributed by atoms with Gasteiger partial charge in [0.05, 0.1) is 12.7 Å². The van der Waals surface area contributed by atoms with Crippen LogP contribution in [0.2, 0.25) is 0 Å². The molecule has 1 N–H and O–H groups in total. The Morgan fingerprint density at radius 2 is 1.86 bits per heavy atom. The molecule has 2 aliphatic rings. The van der Waals surface area contributed by atoms with Crippen molar-refractivity contribution in [2.45, 2.75) is 44.2 Å². The molecule has 0 radical (unpaired) electrons. The highest BCUT2D eigenvalue weighted by Gasteiger charge is 2.49. The minimum Gasteiger partial charge on any atom is -0.490 e. The number of ether oxygens (including phenoxy) is 2. The van der Waals surface area contributed by atoms with Gasteiger partial charge in [-0.3, -0.25) is 5.32 Å². The lowest BCUT2D eigenvalue weighted by Crippen LogP contribution is -2.52. The molecule has 0 heterocycles. The standard InChI is InChI=1S/C17H22N2O2/c1-2-20-15-5-3-4-6-16(15)21-12-17(11-18,13-7-8-13)19-14-9-10-14/h3-6,13-14,19H,2,7-10,12H2,1H3. The molecule has 0 saturated heterocycles. The van der Waals surface area contributed by atoms with Crippen LogP contribution in [-0.2, 0) is 0 Å². The van der Waals surface area contributed by atoms with Crippen molar-refractivity contribution < 1.29 is 9.47 Å². The van der Waals surface area contributed by atoms with E-state index in [9.17, 15) is 5.26 Å². The minimum absolute atomic E-state index is 0.384. The van der Waals surface area contributed by atoms with E-state index in [4.69, 9.17) is 9.47 Å². The molecule has 2 saturated carbocycles. The number of benzene rings is 1. The Hall–Kier alpha value is -1.73. The fourth-order valence-corrected chi connectivity index (χ4v) is 2.64. The van der Waals surface area contributed by atoms with Gasteiger partial charge >= 0.3 is 0 Å². The zero-order valence-corrected chi connectivity index (χ0v) is 12.5. The number of nitrogens with one attached hydrogen (secondary N) is 1. The molecule has 0 amide bonds. The molecule has 1 atom stereocenters. The third kappa shape index (κ3) is 3.30. The number of nitrogens with zero attached hydrogens (tertiary/aromatic N) is 1. The third-order valence-corrected chi connectivity index (χ3v) is 4.12. The van der Waals surface area contributed by atoms with Gasteiger partial charge in [0.2, 0.25) is 0 Å². The lowest BCUT2D eigenvalue weighted by Gasteiger charge is -2.28. The highest BCUT2D eigenvalue weighted by molar-refractivity contribution is 5.39. The number of rotatable bonds is 8. The van der Waals surface area contributed by atoms with Crippen molar-refractivity contribution in [2.75, 3.05) is 13.2 Å². The summed E-state index contributed by atoms with van der Waals surface area (Å²) in [6.45, 7) is 2.94. The predicted molar refractivity (Wildman–Crippen MR) is 80.3 cm³/mol. The molecule has 112 valence electrons. The quantitative estimate of drug-likeness (QED) is 0.798. The van der Waals surface area contributed by atoms with Gasteiger partial charge < -0.3 is 9.47 Å². The van der Waals surface area contributed by atoms with Gasteiger partial charge in [-0.15, -0.1) is 0 Å². The zero-order valence-electron chi connectivity index (χ0n) is 12.5. The zero-order chi connectivity index (χ0) is 14.7. The number of nitriles is 1. The fourth-order valence-electron chi connectivity index (χ4n) is 2.64. The van der Waals surface area contributed by atoms with Crippen molar-refractivity contribution in [1.82, 2.24) is 5.32 Å². The van der Waals surface area contributed by atoms with Crippen molar-refractivity contribution in [1.29, 1.82) is 5.26 Å². The van der Waals surface area contributed by atoms with E-state index >= 15 is 0 Å². The van der Waals surface area contributed by atoms with Crippen LogP contribution in [0.3, 0.4) is 0 Å². The van der Waals surface area contributed by atoms with Crippen LogP contribution in [0.1, 0.15) is 32.6 Å². The summed E-state index contributed by atoms with van der Waals surface area (Å²) < 4.78 is 11.5. The molecular weight excluding hydrogens is 264 g/mol. The third-order valence-electron chi connectivity index (χ3n) is 4.12. The fraction of sp³-hybridized carbons (Fsp3) is 0.588. The first-order valence-corrected chi connectivity index (χ1v) is 7.81. The Labute approximate surface area is 126 Å². The molecule has 3 rings (SSSR count). The first kappa shape index (κ1) is 14.2. The van der Waals surface area contributed by atoms with Crippen LogP contribution in [0.4, 0.5) is 0 Å². The van der Waals surface area contributed by atoms with E-state index in [0.29, 0.717) is 25.2 Å². The summed E-state index contributed by atoms with van der Waals surface area (Å²) >= 11 is 0. The van der Waals surface area contributed by atoms with Crippen molar-refractivity contribution >= 4 is 0 Å². The molecule has 1 aromatic carbocycles. The molecule has 4 nitrogen and oxygen atoms in total. The van der Waals surface area contributed by atoms with Gasteiger partial charge in [0.1, 0.15) is 12.1 Å². The molecule has 2 fully saturated rings. The lowest BCUT2D eigenvalue weighted by atomic mass is 9.96. The van der Waals surface area contributed by atoms with Crippen LogP contribution >= 0.6 is 0 Å². The Morgan fingerprint density at radius 1 is 1.19 bits per heavy atom. The molecule has 2 aliphatic carbocycles. The van der Waals surface area contributed by atoms with Gasteiger partial charge in [-0.25, -0.2) is 0 Å². The molecule has 0 aliphatic heterocycles. The van der Waals surface area contributed by atoms with Crippen LogP contribution in [0.25, 0.3) is 0 Å². The Morgan fingerprint density at radius 3 is 2.38 bits per heavy atom. The average Bonchev–Trinajstić information content (AvgIpc) is 3.38. The smallest absolute Gasteiger partial charge is 0.161 e. The van der Waals surface area contributed by atoms with Crippen molar-refractivity contribution in [3.05, 3.63) is 24.3 Å². The summed E-state index contributed by atoms with van der Waals surface area (Å²) in [6.07, 6.45) is 4.57. The van der Waals surface area contributed by atoms with E-state index in [2.05, 4.69) is 11.4 Å². The topological polar surface area (TPSA) is 54.3 Å². The van der Waals surface area contributed by atoms with Crippen LogP contribution in [-0.4, -0.2) is 24.8 Å². The molecule has 21 heavy (non-hydrogen) atoms. The minimum atomic E-state index is -0.541. The molecular formula is C17H22N2O2. The molecule has 1 unspecified atom stereocenters. The van der Waals surface area contributed by atoms with Crippen molar-refractivity contribution in [3.63, 3.8) is 0 Å². The normalized spacial score (nSPS) is 20.4. The van der Waals surface area contributed by atoms with Crippen LogP contribution in [0.5, 0.6) is 11.5 Å². The molecule has 0 aromatic heterocycles. The number of para-hydroxylation sites is 2. The van der Waals surface area contributed by atoms with Gasteiger partial charge in [0.25, 0.3) is 0 Å². The second kappa shape index (κ2) is 5.95. The first-order chi connectivity index (χ1) is 10.3. The summed E-state index contributed by atoms with van der Waals surface area (Å²) in [4.78, 5) is 0. The lowest BCUT2D eigenvalue weighted by molar-refractivity contribution is 0.191. The second-order valence-electron chi connectivity index (χ2n) is 5.94. The summed E-state index contributed by atoms with van der Waals surface area (Å²) in [5.74, 6) is 1.88. The predicted octanol–water partition coefficient (Wildman–Crippen LogP) is 2.89. The maximum Gasteiger partial charge on any atom is 0.161 e. The van der Waals surface area contributed by atoms with Gasteiger partial charge in [-0.2, -0.15) is 5.26 Å². The number of hydrogen-bond donors (Lipinski definition) is 1. The number of hydrogen-bond acceptors (Lipinski definition) is 4. The van der Waals surface area contributed by atoms with E-state index in [-0.39, 0.29) is 0 Å². The summed E-state index contributed by atoms with van der Waals surface area (Å²) in [6, 6.07) is 10.6. The maximum absolute atomic E-state index is 9.69. The first-order valence-electron chi connectivity index (χ1n) is 7.81. The van der Waals surface area contributed by atoms with E-state index in [0.717, 1.165) is 24.3 Å². The second-order valence-corrected chi connectivity index (χ2v) is 5.94. The van der Waals surface area contributed by atoms with Crippen molar-refractivity contribution in [2.24, 2.45) is 5.92 Å². The highest BCUT2D eigenvalue weighted by Crippen LogP contribution is 2.42. The summed E-state index contributed by atoms with van der Waals surface area (Å²) in [7, 11) is 0. The molecule has 0 bridgehead atoms. The SMILES string of the molecule is CCOc1ccccc1OCC(C#N)(NC1CC1)C1CC1. The average molecular weight is 286 g/mol. The Kier molecular flexibility index (Phi) is 4.03. The van der Waals surface area contributed by atoms with E-state index in [1.165, 1.54) is 12.8 Å². The monoisotopic (exact) mass is 286 g/mol. The summed E-state index contributed by atoms with van der Waals surface area (Å²) in [5, 5.41) is 13.2. The van der Waals surface area contributed by atoms with Crippen LogP contribution in [0, 0.1) is 17.2 Å². The molecule has 4 heteroatoms. The summed E-state index contributed by atoms with van der Waals surface area (Å²) in [5.41, 5.74) is -0.541. The van der Waals surface area contributed by atoms with E-state index in [1.807, 2.05) is 31.2 Å². The van der Waals surface area contributed by atoms with Gasteiger partial charge in [0, 0.05) is 6.04 Å². The molecule has 0 spiro atoms. The Balaban J connectivity index is 1.70. The van der Waals surface area contributed by atoms with Gasteiger partial charge in [-0.05, 0) is 50.7 Å². The van der Waals surface area contributed by atoms with E-state index in [1.54, 1.807) is 0 Å². The van der Waals surface area contributed by atoms with E-state index < -0.39 is 5.54 Å². The van der Waals surface area contributed by atoms with Gasteiger partial charge in [0.15, 0.2) is 11.5 Å². The highest BCUT2D eigenvalue weighted by atomic mass is 16.5. The Bertz CT molecular complexity index is 532. The maximum atomic E-state index is 9.69. The largest absolute Gasteiger partial charge is 0.490 e. The molecule has 1 aromatic rings. The van der Waals surface area contributed by atoms with Gasteiger partial charge in [-0.1, -0.05) is 12.1 Å².